The molecular formula is C9H19N3O2. The first-order valence-electron chi connectivity index (χ1n) is 4.78. The first kappa shape index (κ1) is 12.9. The zero-order valence-electron chi connectivity index (χ0n) is 9.04. The minimum atomic E-state index is -0.202. The van der Waals surface area contributed by atoms with Crippen LogP contribution >= 0.6 is 0 Å². The predicted molar refractivity (Wildman–Crippen MR) is 54.6 cm³/mol. The summed E-state index contributed by atoms with van der Waals surface area (Å²) in [5.41, 5.74) is 5.20. The minimum absolute atomic E-state index is 0.0528. The summed E-state index contributed by atoms with van der Waals surface area (Å²) in [5.74, 6) is -0.352. The smallest absolute Gasteiger partial charge is 0.239 e. The van der Waals surface area contributed by atoms with Gasteiger partial charge in [0.05, 0.1) is 13.1 Å². The second-order valence-corrected chi connectivity index (χ2v) is 3.33. The molecule has 0 radical (unpaired) electrons. The summed E-state index contributed by atoms with van der Waals surface area (Å²) in [4.78, 5) is 23.9. The van der Waals surface area contributed by atoms with E-state index >= 15 is 0 Å². The van der Waals surface area contributed by atoms with Crippen molar-refractivity contribution < 1.29 is 9.59 Å². The van der Waals surface area contributed by atoms with Crippen LogP contribution in [0.3, 0.4) is 0 Å². The van der Waals surface area contributed by atoms with Crippen LogP contribution < -0.4 is 11.1 Å². The van der Waals surface area contributed by atoms with E-state index in [1.54, 1.807) is 0 Å². The molecule has 5 heteroatoms. The fourth-order valence-corrected chi connectivity index (χ4v) is 1.05. The molecule has 0 fully saturated rings. The average Bonchev–Trinajstić information content (AvgIpc) is 2.11. The Labute approximate surface area is 84.6 Å². The zero-order valence-corrected chi connectivity index (χ0v) is 9.04. The lowest BCUT2D eigenvalue weighted by Gasteiger charge is -2.20. The van der Waals surface area contributed by atoms with Gasteiger partial charge in [-0.25, -0.2) is 0 Å². The number of nitrogens with zero attached hydrogens (tertiary/aromatic N) is 1. The number of hydrogen-bond acceptors (Lipinski definition) is 3. The molecule has 0 aliphatic rings. The zero-order chi connectivity index (χ0) is 11.1. The first-order valence-corrected chi connectivity index (χ1v) is 4.78. The molecule has 0 aliphatic heterocycles. The lowest BCUT2D eigenvalue weighted by atomic mass is 10.3. The third-order valence-electron chi connectivity index (χ3n) is 1.69. The van der Waals surface area contributed by atoms with Crippen LogP contribution in [0.5, 0.6) is 0 Å². The molecule has 0 rings (SSSR count). The van der Waals surface area contributed by atoms with Crippen LogP contribution in [-0.2, 0) is 9.59 Å². The molecule has 0 aromatic rings. The maximum Gasteiger partial charge on any atom is 0.239 e. The van der Waals surface area contributed by atoms with Crippen molar-refractivity contribution in [1.29, 1.82) is 0 Å². The SMILES string of the molecule is CCN(CC(=O)NC(C)C)C(=O)CN. The van der Waals surface area contributed by atoms with Crippen LogP contribution in [0, 0.1) is 0 Å². The molecule has 3 N–H and O–H groups in total. The Morgan fingerprint density at radius 1 is 1.43 bits per heavy atom. The maximum absolute atomic E-state index is 11.3. The van der Waals surface area contributed by atoms with Crippen molar-refractivity contribution in [2.24, 2.45) is 5.73 Å². The summed E-state index contributed by atoms with van der Waals surface area (Å²) >= 11 is 0. The van der Waals surface area contributed by atoms with E-state index < -0.39 is 0 Å². The van der Waals surface area contributed by atoms with Gasteiger partial charge in [0, 0.05) is 12.6 Å². The van der Waals surface area contributed by atoms with Gasteiger partial charge in [0.1, 0.15) is 0 Å². The number of nitrogens with two attached hydrogens (primary N) is 1. The Kier molecular flexibility index (Phi) is 5.87. The van der Waals surface area contributed by atoms with Crippen LogP contribution in [0.2, 0.25) is 0 Å². The number of carbonyl (C=O) groups excluding carboxylic acids is 2. The summed E-state index contributed by atoms with van der Waals surface area (Å²) < 4.78 is 0. The van der Waals surface area contributed by atoms with E-state index in [9.17, 15) is 9.59 Å². The Morgan fingerprint density at radius 3 is 2.36 bits per heavy atom. The molecule has 0 unspecified atom stereocenters. The van der Waals surface area contributed by atoms with Crippen molar-refractivity contribution in [1.82, 2.24) is 10.2 Å². The summed E-state index contributed by atoms with van der Waals surface area (Å²) in [5, 5.41) is 2.71. The first-order chi connectivity index (χ1) is 6.51. The van der Waals surface area contributed by atoms with Gasteiger partial charge in [-0.3, -0.25) is 9.59 Å². The third-order valence-corrected chi connectivity index (χ3v) is 1.69. The van der Waals surface area contributed by atoms with Gasteiger partial charge in [-0.05, 0) is 20.8 Å². The highest BCUT2D eigenvalue weighted by Crippen LogP contribution is 1.89. The van der Waals surface area contributed by atoms with E-state index in [-0.39, 0.29) is 30.9 Å². The fraction of sp³-hybridized carbons (Fsp3) is 0.778. The van der Waals surface area contributed by atoms with E-state index in [2.05, 4.69) is 5.32 Å². The molecule has 0 aliphatic carbocycles. The maximum atomic E-state index is 11.3. The lowest BCUT2D eigenvalue weighted by molar-refractivity contribution is -0.134. The highest BCUT2D eigenvalue weighted by atomic mass is 16.2. The molecule has 0 bridgehead atoms. The van der Waals surface area contributed by atoms with Crippen molar-refractivity contribution >= 4 is 11.8 Å². The van der Waals surface area contributed by atoms with Crippen molar-refractivity contribution in [2.75, 3.05) is 19.6 Å². The van der Waals surface area contributed by atoms with E-state index in [0.717, 1.165) is 0 Å². The molecule has 0 spiro atoms. The average molecular weight is 201 g/mol. The van der Waals surface area contributed by atoms with Crippen LogP contribution in [-0.4, -0.2) is 42.4 Å². The van der Waals surface area contributed by atoms with Gasteiger partial charge in [-0.2, -0.15) is 0 Å². The molecule has 0 saturated carbocycles. The molecule has 0 aromatic heterocycles. The van der Waals surface area contributed by atoms with Crippen molar-refractivity contribution in [3.63, 3.8) is 0 Å². The predicted octanol–water partition coefficient (Wildman–Crippen LogP) is -0.682. The molecule has 14 heavy (non-hydrogen) atoms. The normalized spacial score (nSPS) is 10.1. The number of hydrogen-bond donors (Lipinski definition) is 2. The van der Waals surface area contributed by atoms with Crippen LogP contribution in [0.1, 0.15) is 20.8 Å². The molecule has 0 saturated heterocycles. The van der Waals surface area contributed by atoms with Crippen LogP contribution in [0.15, 0.2) is 0 Å². The number of amides is 2. The number of likely N-dealkylation sites (N-methyl/N-ethyl adjacent to an activating group) is 1. The third kappa shape index (κ3) is 4.81. The number of nitrogens with one attached hydrogen (secondary N) is 1. The quantitative estimate of drug-likeness (QED) is 0.618. The summed E-state index contributed by atoms with van der Waals surface area (Å²) in [6.45, 7) is 6.10. The van der Waals surface area contributed by atoms with E-state index in [1.165, 1.54) is 4.90 Å². The van der Waals surface area contributed by atoms with Gasteiger partial charge in [-0.1, -0.05) is 0 Å². The highest BCUT2D eigenvalue weighted by Gasteiger charge is 2.13. The van der Waals surface area contributed by atoms with Crippen LogP contribution in [0.25, 0.3) is 0 Å². The van der Waals surface area contributed by atoms with Crippen molar-refractivity contribution in [3.05, 3.63) is 0 Å². The van der Waals surface area contributed by atoms with E-state index in [1.807, 2.05) is 20.8 Å². The molecule has 5 nitrogen and oxygen atoms in total. The topological polar surface area (TPSA) is 75.4 Å². The van der Waals surface area contributed by atoms with Crippen molar-refractivity contribution in [2.45, 2.75) is 26.8 Å². The monoisotopic (exact) mass is 201 g/mol. The number of rotatable bonds is 5. The summed E-state index contributed by atoms with van der Waals surface area (Å²) in [7, 11) is 0. The standard InChI is InChI=1S/C9H19N3O2/c1-4-12(9(14)5-10)6-8(13)11-7(2)3/h7H,4-6,10H2,1-3H3,(H,11,13). The van der Waals surface area contributed by atoms with Gasteiger partial charge in [0.25, 0.3) is 0 Å². The van der Waals surface area contributed by atoms with Gasteiger partial charge in [0.2, 0.25) is 11.8 Å². The summed E-state index contributed by atoms with van der Waals surface area (Å²) in [6.07, 6.45) is 0. The minimum Gasteiger partial charge on any atom is -0.352 e. The van der Waals surface area contributed by atoms with Crippen LogP contribution in [0.4, 0.5) is 0 Å². The van der Waals surface area contributed by atoms with E-state index in [4.69, 9.17) is 5.73 Å². The molecule has 0 atom stereocenters. The second kappa shape index (κ2) is 6.37. The molecule has 2 amide bonds. The lowest BCUT2D eigenvalue weighted by Crippen LogP contribution is -2.44. The molecule has 0 heterocycles. The van der Waals surface area contributed by atoms with Gasteiger partial charge >= 0.3 is 0 Å². The highest BCUT2D eigenvalue weighted by molar-refractivity contribution is 5.85. The Balaban J connectivity index is 4.05. The fourth-order valence-electron chi connectivity index (χ4n) is 1.05. The van der Waals surface area contributed by atoms with Gasteiger partial charge in [0.15, 0.2) is 0 Å². The Hall–Kier alpha value is -1.10. The van der Waals surface area contributed by atoms with E-state index in [0.29, 0.717) is 6.54 Å². The largest absolute Gasteiger partial charge is 0.352 e. The number of carbonyl (C=O) groups is 2. The molecule has 82 valence electrons. The molecule has 0 aromatic carbocycles. The van der Waals surface area contributed by atoms with Crippen molar-refractivity contribution in [3.8, 4) is 0 Å². The Bertz CT molecular complexity index is 204. The van der Waals surface area contributed by atoms with Gasteiger partial charge < -0.3 is 16.0 Å². The Morgan fingerprint density at radius 2 is 2.00 bits per heavy atom. The van der Waals surface area contributed by atoms with Gasteiger partial charge in [-0.15, -0.1) is 0 Å². The second-order valence-electron chi connectivity index (χ2n) is 3.33. The molecular weight excluding hydrogens is 182 g/mol. The summed E-state index contributed by atoms with van der Waals surface area (Å²) in [6, 6.07) is 0.0918.